The minimum Gasteiger partial charge on any atom is -0.447 e. The third kappa shape index (κ3) is 13.8. The lowest BCUT2D eigenvalue weighted by Crippen LogP contribution is -2.43. The van der Waals surface area contributed by atoms with Crippen LogP contribution in [0.25, 0.3) is 0 Å². The predicted molar refractivity (Wildman–Crippen MR) is 112 cm³/mol. The Hall–Kier alpha value is -1.31. The molecule has 0 saturated heterocycles. The fourth-order valence-corrected chi connectivity index (χ4v) is 4.94. The van der Waals surface area contributed by atoms with Crippen LogP contribution in [-0.2, 0) is 23.7 Å². The minimum atomic E-state index is -1.73. The van der Waals surface area contributed by atoms with Gasteiger partial charge in [-0.1, -0.05) is 26.2 Å². The van der Waals surface area contributed by atoms with E-state index in [2.05, 4.69) is 58.4 Å². The van der Waals surface area contributed by atoms with Crippen molar-refractivity contribution in [2.45, 2.75) is 65.8 Å². The number of ether oxygens (including phenoxy) is 2. The molecule has 0 aliphatic carbocycles. The lowest BCUT2D eigenvalue weighted by atomic mass is 9.95. The van der Waals surface area contributed by atoms with Gasteiger partial charge in [0.2, 0.25) is 0 Å². The third-order valence-corrected chi connectivity index (χ3v) is 6.98. The maximum absolute atomic E-state index is 11.5. The van der Waals surface area contributed by atoms with Gasteiger partial charge in [0.05, 0.1) is 12.2 Å². The molecule has 0 aromatic rings. The Morgan fingerprint density at radius 3 is 2.46 bits per heavy atom. The molecule has 1 amide bonds. The number of carbonyl (C=O) groups is 1. The summed E-state index contributed by atoms with van der Waals surface area (Å²) in [6.45, 7) is 19.9. The van der Waals surface area contributed by atoms with E-state index in [-0.39, 0.29) is 25.4 Å². The van der Waals surface area contributed by atoms with Gasteiger partial charge >= 0.3 is 6.09 Å². The average molecular weight is 418 g/mol. The Labute approximate surface area is 171 Å². The Bertz CT molecular complexity index is 501. The summed E-state index contributed by atoms with van der Waals surface area (Å²) in [6, 6.07) is 1.03. The van der Waals surface area contributed by atoms with Crippen LogP contribution < -0.4 is 5.32 Å². The molecule has 0 saturated carbocycles. The molecule has 0 aliphatic rings. The monoisotopic (exact) mass is 417 g/mol. The number of carbonyl (C=O) groups excluding carboxylic acids is 1. The van der Waals surface area contributed by atoms with Crippen LogP contribution in [0.3, 0.4) is 0 Å². The first kappa shape index (κ1) is 26.7. The molecule has 0 bridgehead atoms. The van der Waals surface area contributed by atoms with Gasteiger partial charge in [0, 0.05) is 20.1 Å². The molecule has 0 aromatic heterocycles. The van der Waals surface area contributed by atoms with E-state index in [0.29, 0.717) is 24.9 Å². The lowest BCUT2D eigenvalue weighted by Gasteiger charge is -2.38. The Kier molecular flexibility index (Phi) is 13.1. The number of allylic oxidation sites excluding steroid dienone is 1. The van der Waals surface area contributed by atoms with Gasteiger partial charge in [0.25, 0.3) is 0 Å². The third-order valence-electron chi connectivity index (χ3n) is 4.35. The molecule has 0 heterocycles. The summed E-state index contributed by atoms with van der Waals surface area (Å²) in [6.07, 6.45) is 0.427. The fourth-order valence-electron chi connectivity index (χ4n) is 2.18. The van der Waals surface area contributed by atoms with Crippen molar-refractivity contribution in [1.29, 1.82) is 0 Å². The molecule has 164 valence electrons. The molecule has 0 aromatic carbocycles. The topological polar surface area (TPSA) is 75.3 Å². The molecule has 0 unspecified atom stereocenters. The highest BCUT2D eigenvalue weighted by Crippen LogP contribution is 2.27. The van der Waals surface area contributed by atoms with Gasteiger partial charge in [-0.25, -0.2) is 4.79 Å². The quantitative estimate of drug-likeness (QED) is 0.106. The Morgan fingerprint density at radius 2 is 1.86 bits per heavy atom. The first-order chi connectivity index (χ1) is 13.0. The second-order valence-electron chi connectivity index (χ2n) is 8.04. The van der Waals surface area contributed by atoms with E-state index >= 15 is 0 Å². The highest BCUT2D eigenvalue weighted by Gasteiger charge is 2.32. The fraction of sp³-hybridized carbons (Fsp3) is 0.800. The first-order valence-electron chi connectivity index (χ1n) is 9.85. The standard InChI is InChI=1S/C20H39NO6Si/c1-9-18(4)26-25-13-11-21-19(22)24-15-14-23-12-10-16-28(7,8)27-20(5,6)17(2)3/h17H,1,10-16H2,2-8H3,(H,21,22). The molecule has 0 atom stereocenters. The molecule has 0 spiro atoms. The van der Waals surface area contributed by atoms with E-state index in [1.54, 1.807) is 6.92 Å². The zero-order valence-corrected chi connectivity index (χ0v) is 19.7. The molecule has 0 radical (unpaired) electrons. The van der Waals surface area contributed by atoms with Crippen molar-refractivity contribution < 1.29 is 28.5 Å². The Balaban J connectivity index is 3.68. The summed E-state index contributed by atoms with van der Waals surface area (Å²) in [5.74, 6) is 0.909. The van der Waals surface area contributed by atoms with Crippen LogP contribution in [0.1, 0.15) is 41.0 Å². The second-order valence-corrected chi connectivity index (χ2v) is 12.3. The zero-order chi connectivity index (χ0) is 21.6. The van der Waals surface area contributed by atoms with Gasteiger partial charge in [-0.15, -0.1) is 0 Å². The van der Waals surface area contributed by atoms with Gasteiger partial charge < -0.3 is 24.1 Å². The number of hydrogen-bond donors (Lipinski definition) is 1. The van der Waals surface area contributed by atoms with Crippen molar-refractivity contribution >= 4 is 14.4 Å². The molecule has 0 fully saturated rings. The van der Waals surface area contributed by atoms with Gasteiger partial charge in [-0.3, -0.25) is 0 Å². The van der Waals surface area contributed by atoms with Crippen molar-refractivity contribution in [3.8, 4) is 0 Å². The van der Waals surface area contributed by atoms with E-state index < -0.39 is 14.4 Å². The molecular weight excluding hydrogens is 378 g/mol. The van der Waals surface area contributed by atoms with Gasteiger partial charge in [0.15, 0.2) is 14.1 Å². The zero-order valence-electron chi connectivity index (χ0n) is 18.7. The summed E-state index contributed by atoms with van der Waals surface area (Å²) in [5.41, 5.74) is 2.42. The van der Waals surface area contributed by atoms with Crippen molar-refractivity contribution in [3.63, 3.8) is 0 Å². The molecule has 7 nitrogen and oxygen atoms in total. The van der Waals surface area contributed by atoms with E-state index in [1.165, 1.54) is 0 Å². The normalized spacial score (nSPS) is 11.9. The van der Waals surface area contributed by atoms with Crippen LogP contribution in [0.2, 0.25) is 19.1 Å². The van der Waals surface area contributed by atoms with Crippen molar-refractivity contribution in [2.75, 3.05) is 33.0 Å². The number of amides is 1. The first-order valence-corrected chi connectivity index (χ1v) is 13.0. The van der Waals surface area contributed by atoms with E-state index in [4.69, 9.17) is 23.7 Å². The van der Waals surface area contributed by atoms with Crippen LogP contribution in [0.15, 0.2) is 18.1 Å². The highest BCUT2D eigenvalue weighted by atomic mass is 28.4. The van der Waals surface area contributed by atoms with E-state index in [9.17, 15) is 4.79 Å². The smallest absolute Gasteiger partial charge is 0.407 e. The van der Waals surface area contributed by atoms with Crippen LogP contribution >= 0.6 is 0 Å². The number of nitrogens with one attached hydrogen (secondary N) is 1. The van der Waals surface area contributed by atoms with Crippen LogP contribution in [0.5, 0.6) is 0 Å². The average Bonchev–Trinajstić information content (AvgIpc) is 2.59. The molecule has 0 aliphatic heterocycles. The maximum atomic E-state index is 11.5. The Morgan fingerprint density at radius 1 is 1.18 bits per heavy atom. The maximum Gasteiger partial charge on any atom is 0.407 e. The van der Waals surface area contributed by atoms with Crippen LogP contribution in [-0.4, -0.2) is 53.0 Å². The van der Waals surface area contributed by atoms with E-state index in [1.807, 2.05) is 0 Å². The number of hydrogen-bond acceptors (Lipinski definition) is 6. The number of alkyl carbamates (subject to hydrolysis) is 1. The predicted octanol–water partition coefficient (Wildman–Crippen LogP) is 4.41. The van der Waals surface area contributed by atoms with Gasteiger partial charge in [-0.05, 0) is 45.3 Å². The van der Waals surface area contributed by atoms with Gasteiger partial charge in [-0.2, -0.15) is 4.89 Å². The summed E-state index contributed by atoms with van der Waals surface area (Å²) in [7, 11) is -1.73. The molecule has 28 heavy (non-hydrogen) atoms. The second kappa shape index (κ2) is 13.8. The lowest BCUT2D eigenvalue weighted by molar-refractivity contribution is -0.259. The largest absolute Gasteiger partial charge is 0.447 e. The van der Waals surface area contributed by atoms with Crippen molar-refractivity contribution in [1.82, 2.24) is 5.32 Å². The minimum absolute atomic E-state index is 0.101. The SMILES string of the molecule is C=C=C(C)OOCCNC(=O)OCCOCCC[Si](C)(C)OC(C)(C)C(C)C. The number of rotatable bonds is 15. The van der Waals surface area contributed by atoms with Crippen LogP contribution in [0, 0.1) is 5.92 Å². The highest BCUT2D eigenvalue weighted by molar-refractivity contribution is 6.71. The van der Waals surface area contributed by atoms with Crippen molar-refractivity contribution in [2.24, 2.45) is 5.92 Å². The summed E-state index contributed by atoms with van der Waals surface area (Å²) >= 11 is 0. The van der Waals surface area contributed by atoms with Crippen LogP contribution in [0.4, 0.5) is 4.79 Å². The molecule has 1 N–H and O–H groups in total. The molecular formula is C20H39NO6Si. The van der Waals surface area contributed by atoms with E-state index in [0.717, 1.165) is 12.5 Å². The molecule has 8 heteroatoms. The summed E-state index contributed by atoms with van der Waals surface area (Å²) in [5, 5.41) is 2.55. The summed E-state index contributed by atoms with van der Waals surface area (Å²) in [4.78, 5) is 21.1. The summed E-state index contributed by atoms with van der Waals surface area (Å²) < 4.78 is 17.0. The van der Waals surface area contributed by atoms with Crippen molar-refractivity contribution in [3.05, 3.63) is 18.1 Å². The van der Waals surface area contributed by atoms with Gasteiger partial charge in [0.1, 0.15) is 13.2 Å². The molecule has 0 rings (SSSR count).